The summed E-state index contributed by atoms with van der Waals surface area (Å²) in [4.78, 5) is 27.1. The van der Waals surface area contributed by atoms with Gasteiger partial charge in [0.2, 0.25) is 0 Å². The molecule has 7 nitrogen and oxygen atoms in total. The van der Waals surface area contributed by atoms with Crippen LogP contribution in [-0.4, -0.2) is 36.5 Å². The van der Waals surface area contributed by atoms with Gasteiger partial charge in [-0.1, -0.05) is 0 Å². The highest BCUT2D eigenvalue weighted by molar-refractivity contribution is 7.09. The average Bonchev–Trinajstić information content (AvgIpc) is 2.95. The van der Waals surface area contributed by atoms with Crippen molar-refractivity contribution in [1.82, 2.24) is 29.5 Å². The van der Waals surface area contributed by atoms with Crippen LogP contribution in [0.3, 0.4) is 0 Å². The number of nitrogens with zero attached hydrogens (tertiary/aromatic N) is 5. The first-order valence-electron chi connectivity index (χ1n) is 6.56. The standard InChI is InChI=1S/C13H16N6OS/c1-8-7-21-11(14-8)6-18(3)5-10-4-12(20)19-13(16-10)15-9(2)17-19/h4,7H,5-6H2,1-3H3,(H,15,16,17). The van der Waals surface area contributed by atoms with Gasteiger partial charge in [-0.15, -0.1) is 11.3 Å². The number of H-pyrrole nitrogens is 1. The molecule has 0 aliphatic rings. The topological polar surface area (TPSA) is 79.2 Å². The van der Waals surface area contributed by atoms with E-state index in [0.717, 1.165) is 17.2 Å². The molecule has 0 atom stereocenters. The molecule has 0 unspecified atom stereocenters. The second-order valence-corrected chi connectivity index (χ2v) is 6.03. The van der Waals surface area contributed by atoms with Crippen molar-refractivity contribution in [3.8, 4) is 0 Å². The summed E-state index contributed by atoms with van der Waals surface area (Å²) in [5.74, 6) is 1.08. The van der Waals surface area contributed by atoms with Crippen molar-refractivity contribution in [2.24, 2.45) is 0 Å². The predicted molar refractivity (Wildman–Crippen MR) is 80.4 cm³/mol. The molecule has 0 aliphatic heterocycles. The summed E-state index contributed by atoms with van der Waals surface area (Å²) in [7, 11) is 1.98. The second kappa shape index (κ2) is 5.38. The lowest BCUT2D eigenvalue weighted by molar-refractivity contribution is 0.314. The highest BCUT2D eigenvalue weighted by atomic mass is 32.1. The van der Waals surface area contributed by atoms with Gasteiger partial charge in [-0.2, -0.15) is 9.50 Å². The van der Waals surface area contributed by atoms with Crippen molar-refractivity contribution in [3.63, 3.8) is 0 Å². The van der Waals surface area contributed by atoms with Crippen LogP contribution >= 0.6 is 11.3 Å². The maximum absolute atomic E-state index is 12.0. The normalized spacial score (nSPS) is 11.6. The number of rotatable bonds is 4. The minimum Gasteiger partial charge on any atom is -0.294 e. The van der Waals surface area contributed by atoms with Gasteiger partial charge in [0.25, 0.3) is 11.3 Å². The lowest BCUT2D eigenvalue weighted by Gasteiger charge is -2.14. The van der Waals surface area contributed by atoms with Crippen molar-refractivity contribution < 1.29 is 0 Å². The Morgan fingerprint density at radius 1 is 1.29 bits per heavy atom. The number of fused-ring (bicyclic) bond motifs is 1. The van der Waals surface area contributed by atoms with E-state index in [9.17, 15) is 4.79 Å². The van der Waals surface area contributed by atoms with Gasteiger partial charge in [0.1, 0.15) is 10.8 Å². The molecule has 0 amide bonds. The molecule has 0 saturated carbocycles. The zero-order valence-electron chi connectivity index (χ0n) is 12.1. The number of hydrogen-bond acceptors (Lipinski definition) is 6. The van der Waals surface area contributed by atoms with E-state index in [2.05, 4.69) is 25.0 Å². The lowest BCUT2D eigenvalue weighted by atomic mass is 10.3. The van der Waals surface area contributed by atoms with E-state index in [1.54, 1.807) is 18.3 Å². The predicted octanol–water partition coefficient (Wildman–Crippen LogP) is 1.12. The molecule has 8 heteroatoms. The van der Waals surface area contributed by atoms with Crippen LogP contribution in [0.2, 0.25) is 0 Å². The summed E-state index contributed by atoms with van der Waals surface area (Å²) in [5, 5.41) is 5.95. The first kappa shape index (κ1) is 13.9. The summed E-state index contributed by atoms with van der Waals surface area (Å²) >= 11 is 1.64. The zero-order chi connectivity index (χ0) is 15.0. The number of aromatic nitrogens is 5. The molecular formula is C13H16N6OS. The van der Waals surface area contributed by atoms with Crippen LogP contribution in [0.1, 0.15) is 22.2 Å². The third kappa shape index (κ3) is 3.01. The van der Waals surface area contributed by atoms with Crippen LogP contribution in [0.4, 0.5) is 0 Å². The van der Waals surface area contributed by atoms with E-state index in [1.165, 1.54) is 10.6 Å². The number of hydrogen-bond donors (Lipinski definition) is 1. The molecule has 0 aromatic carbocycles. The number of nitrogens with one attached hydrogen (secondary N) is 1. The summed E-state index contributed by atoms with van der Waals surface area (Å²) in [6.07, 6.45) is 0. The van der Waals surface area contributed by atoms with E-state index in [1.807, 2.05) is 19.4 Å². The molecule has 0 spiro atoms. The Morgan fingerprint density at radius 3 is 2.81 bits per heavy atom. The molecule has 21 heavy (non-hydrogen) atoms. The number of thiazole rings is 1. The third-order valence-corrected chi connectivity index (χ3v) is 3.95. The zero-order valence-corrected chi connectivity index (χ0v) is 12.9. The van der Waals surface area contributed by atoms with Crippen molar-refractivity contribution >= 4 is 17.1 Å². The molecule has 1 N–H and O–H groups in total. The van der Waals surface area contributed by atoms with Crippen molar-refractivity contribution in [2.75, 3.05) is 7.05 Å². The monoisotopic (exact) mass is 304 g/mol. The van der Waals surface area contributed by atoms with E-state index in [-0.39, 0.29) is 5.56 Å². The molecule has 3 aromatic rings. The molecule has 0 fully saturated rings. The van der Waals surface area contributed by atoms with Gasteiger partial charge in [-0.05, 0) is 20.9 Å². The van der Waals surface area contributed by atoms with Crippen LogP contribution in [0.15, 0.2) is 16.2 Å². The van der Waals surface area contributed by atoms with Crippen molar-refractivity contribution in [2.45, 2.75) is 26.9 Å². The quantitative estimate of drug-likeness (QED) is 0.781. The van der Waals surface area contributed by atoms with Gasteiger partial charge >= 0.3 is 0 Å². The SMILES string of the molecule is Cc1csc(CN(C)Cc2cc(=O)n3[nH]c(C)nc3n2)n1. The third-order valence-electron chi connectivity index (χ3n) is 3.00. The molecule has 3 aromatic heterocycles. The summed E-state index contributed by atoms with van der Waals surface area (Å²) in [6.45, 7) is 5.09. The Morgan fingerprint density at radius 2 is 2.10 bits per heavy atom. The van der Waals surface area contributed by atoms with Gasteiger partial charge in [-0.25, -0.2) is 9.97 Å². The molecule has 3 heterocycles. The summed E-state index contributed by atoms with van der Waals surface area (Å²) < 4.78 is 1.35. The van der Waals surface area contributed by atoms with Gasteiger partial charge in [0, 0.05) is 23.7 Å². The Kier molecular flexibility index (Phi) is 3.56. The molecule has 0 radical (unpaired) electrons. The largest absolute Gasteiger partial charge is 0.294 e. The molecule has 0 aliphatic carbocycles. The fourth-order valence-electron chi connectivity index (χ4n) is 2.15. The fraction of sp³-hybridized carbons (Fsp3) is 0.385. The minimum atomic E-state index is -0.144. The highest BCUT2D eigenvalue weighted by Crippen LogP contribution is 2.12. The van der Waals surface area contributed by atoms with Crippen LogP contribution in [0, 0.1) is 13.8 Å². The van der Waals surface area contributed by atoms with Crippen LogP contribution in [0.25, 0.3) is 5.78 Å². The Balaban J connectivity index is 1.79. The van der Waals surface area contributed by atoms with Crippen LogP contribution in [0.5, 0.6) is 0 Å². The van der Waals surface area contributed by atoms with E-state index >= 15 is 0 Å². The molecule has 110 valence electrons. The van der Waals surface area contributed by atoms with Gasteiger partial charge in [0.05, 0.1) is 12.2 Å². The van der Waals surface area contributed by atoms with Gasteiger partial charge in [-0.3, -0.25) is 14.8 Å². The maximum Gasteiger partial charge on any atom is 0.274 e. The smallest absolute Gasteiger partial charge is 0.274 e. The molecule has 0 saturated heterocycles. The van der Waals surface area contributed by atoms with Gasteiger partial charge < -0.3 is 0 Å². The van der Waals surface area contributed by atoms with Crippen LogP contribution in [-0.2, 0) is 13.1 Å². The fourth-order valence-corrected chi connectivity index (χ4v) is 3.00. The maximum atomic E-state index is 12.0. The van der Waals surface area contributed by atoms with Crippen LogP contribution < -0.4 is 5.56 Å². The Bertz CT molecular complexity index is 833. The van der Waals surface area contributed by atoms with Gasteiger partial charge in [0.15, 0.2) is 0 Å². The highest BCUT2D eigenvalue weighted by Gasteiger charge is 2.09. The van der Waals surface area contributed by atoms with E-state index in [0.29, 0.717) is 23.8 Å². The first-order chi connectivity index (χ1) is 10.0. The minimum absolute atomic E-state index is 0.144. The van der Waals surface area contributed by atoms with E-state index < -0.39 is 0 Å². The first-order valence-corrected chi connectivity index (χ1v) is 7.44. The number of aromatic amines is 1. The van der Waals surface area contributed by atoms with E-state index in [4.69, 9.17) is 0 Å². The molecule has 3 rings (SSSR count). The Hall–Kier alpha value is -2.06. The van der Waals surface area contributed by atoms with Crippen molar-refractivity contribution in [3.05, 3.63) is 44.0 Å². The molecule has 0 bridgehead atoms. The lowest BCUT2D eigenvalue weighted by Crippen LogP contribution is -2.22. The average molecular weight is 304 g/mol. The summed E-state index contributed by atoms with van der Waals surface area (Å²) in [5.41, 5.74) is 1.60. The number of aryl methyl sites for hydroxylation is 2. The van der Waals surface area contributed by atoms with Crippen molar-refractivity contribution in [1.29, 1.82) is 0 Å². The Labute approximate surface area is 125 Å². The molecular weight excluding hydrogens is 288 g/mol. The summed E-state index contributed by atoms with van der Waals surface area (Å²) in [6, 6.07) is 1.54. The second-order valence-electron chi connectivity index (χ2n) is 5.09.